The normalized spacial score (nSPS) is 15.5. The number of nitrogens with zero attached hydrogens (tertiary/aromatic N) is 3. The van der Waals surface area contributed by atoms with Gasteiger partial charge in [0.1, 0.15) is 5.82 Å². The molecule has 8 heteroatoms. The fourth-order valence-electron chi connectivity index (χ4n) is 4.08. The van der Waals surface area contributed by atoms with E-state index < -0.39 is 9.84 Å². The molecular weight excluding hydrogens is 414 g/mol. The maximum Gasteiger partial charge on any atom is 0.180 e. The van der Waals surface area contributed by atoms with Crippen molar-refractivity contribution < 1.29 is 18.6 Å². The standard InChI is InChI=1S/C23H27N3O4S/c1-17-6-7-20-19(14-17)21(25(8-11-27)9-12-28)15-23(24-20)26-10-13-31(29,30)22-5-3-2-4-18(22)16-26/h2-7,14-15,27-28H,8-13,16H2,1H3. The Morgan fingerprint density at radius 3 is 2.55 bits per heavy atom. The number of aliphatic hydroxyl groups is 2. The van der Waals surface area contributed by atoms with Crippen molar-refractivity contribution in [3.8, 4) is 0 Å². The van der Waals surface area contributed by atoms with Crippen molar-refractivity contribution in [2.75, 3.05) is 48.4 Å². The molecule has 0 saturated carbocycles. The van der Waals surface area contributed by atoms with Crippen molar-refractivity contribution in [1.82, 2.24) is 4.98 Å². The van der Waals surface area contributed by atoms with Gasteiger partial charge in [-0.15, -0.1) is 0 Å². The topological polar surface area (TPSA) is 94.0 Å². The van der Waals surface area contributed by atoms with Crippen molar-refractivity contribution in [3.05, 3.63) is 59.7 Å². The number of aliphatic hydroxyl groups excluding tert-OH is 2. The SMILES string of the molecule is Cc1ccc2nc(N3CCS(=O)(=O)c4ccccc4C3)cc(N(CCO)CCO)c2c1. The highest BCUT2D eigenvalue weighted by Gasteiger charge is 2.26. The monoisotopic (exact) mass is 441 g/mol. The maximum atomic E-state index is 12.8. The second-order valence-corrected chi connectivity index (χ2v) is 9.88. The van der Waals surface area contributed by atoms with E-state index in [2.05, 4.69) is 0 Å². The van der Waals surface area contributed by atoms with Crippen LogP contribution in [0.4, 0.5) is 11.5 Å². The molecule has 0 bridgehead atoms. The van der Waals surface area contributed by atoms with Crippen molar-refractivity contribution in [3.63, 3.8) is 0 Å². The third kappa shape index (κ3) is 4.37. The molecule has 0 unspecified atom stereocenters. The van der Waals surface area contributed by atoms with E-state index in [9.17, 15) is 18.6 Å². The maximum absolute atomic E-state index is 12.8. The summed E-state index contributed by atoms with van der Waals surface area (Å²) in [7, 11) is -3.36. The van der Waals surface area contributed by atoms with Gasteiger partial charge in [0.25, 0.3) is 0 Å². The molecule has 2 N–H and O–H groups in total. The molecule has 0 fully saturated rings. The van der Waals surface area contributed by atoms with Gasteiger partial charge in [-0.25, -0.2) is 13.4 Å². The molecule has 2 aromatic carbocycles. The third-order valence-electron chi connectivity index (χ3n) is 5.63. The first kappa shape index (κ1) is 21.5. The van der Waals surface area contributed by atoms with Crippen LogP contribution in [0, 0.1) is 6.92 Å². The summed E-state index contributed by atoms with van der Waals surface area (Å²) >= 11 is 0. The predicted octanol–water partition coefficient (Wildman–Crippen LogP) is 2.13. The number of hydrogen-bond acceptors (Lipinski definition) is 7. The molecule has 1 aliphatic rings. The summed E-state index contributed by atoms with van der Waals surface area (Å²) in [6.45, 7) is 3.46. The predicted molar refractivity (Wildman–Crippen MR) is 122 cm³/mol. The quantitative estimate of drug-likeness (QED) is 0.605. The second-order valence-electron chi connectivity index (χ2n) is 7.80. The molecular formula is C23H27N3O4S. The van der Waals surface area contributed by atoms with Gasteiger partial charge in [-0.3, -0.25) is 0 Å². The van der Waals surface area contributed by atoms with E-state index in [1.165, 1.54) is 0 Å². The fraction of sp³-hybridized carbons (Fsp3) is 0.348. The van der Waals surface area contributed by atoms with Gasteiger partial charge in [-0.2, -0.15) is 0 Å². The highest BCUT2D eigenvalue weighted by molar-refractivity contribution is 7.91. The zero-order valence-electron chi connectivity index (χ0n) is 17.5. The second kappa shape index (κ2) is 8.82. The molecule has 0 radical (unpaired) electrons. The summed E-state index contributed by atoms with van der Waals surface area (Å²) in [5.74, 6) is 0.698. The Bertz CT molecular complexity index is 1190. The van der Waals surface area contributed by atoms with E-state index in [1.807, 2.05) is 53.1 Å². The van der Waals surface area contributed by atoms with Crippen molar-refractivity contribution in [2.45, 2.75) is 18.4 Å². The average molecular weight is 442 g/mol. The minimum absolute atomic E-state index is 0.0178. The van der Waals surface area contributed by atoms with Crippen LogP contribution in [-0.2, 0) is 16.4 Å². The molecule has 0 spiro atoms. The van der Waals surface area contributed by atoms with Crippen LogP contribution in [0.3, 0.4) is 0 Å². The van der Waals surface area contributed by atoms with Gasteiger partial charge in [-0.1, -0.05) is 29.8 Å². The Hall–Kier alpha value is -2.68. The Balaban J connectivity index is 1.84. The zero-order valence-corrected chi connectivity index (χ0v) is 18.3. The number of benzene rings is 2. The Labute approximate surface area is 182 Å². The number of rotatable bonds is 6. The molecule has 164 valence electrons. The van der Waals surface area contributed by atoms with Gasteiger partial charge < -0.3 is 20.0 Å². The lowest BCUT2D eigenvalue weighted by Crippen LogP contribution is -2.31. The van der Waals surface area contributed by atoms with Crippen LogP contribution in [0.25, 0.3) is 10.9 Å². The van der Waals surface area contributed by atoms with Gasteiger partial charge in [0.2, 0.25) is 0 Å². The first-order chi connectivity index (χ1) is 14.9. The molecule has 4 rings (SSSR count). The highest BCUT2D eigenvalue weighted by atomic mass is 32.2. The minimum atomic E-state index is -3.36. The minimum Gasteiger partial charge on any atom is -0.395 e. The van der Waals surface area contributed by atoms with E-state index in [0.29, 0.717) is 36.9 Å². The van der Waals surface area contributed by atoms with Crippen LogP contribution >= 0.6 is 0 Å². The van der Waals surface area contributed by atoms with Crippen molar-refractivity contribution in [1.29, 1.82) is 0 Å². The number of aromatic nitrogens is 1. The van der Waals surface area contributed by atoms with E-state index in [0.717, 1.165) is 27.7 Å². The molecule has 0 aliphatic carbocycles. The lowest BCUT2D eigenvalue weighted by Gasteiger charge is -2.28. The lowest BCUT2D eigenvalue weighted by atomic mass is 10.1. The van der Waals surface area contributed by atoms with Crippen molar-refractivity contribution in [2.24, 2.45) is 0 Å². The number of sulfone groups is 1. The molecule has 2 heterocycles. The number of aryl methyl sites for hydroxylation is 1. The Morgan fingerprint density at radius 2 is 1.81 bits per heavy atom. The lowest BCUT2D eigenvalue weighted by molar-refractivity contribution is 0.281. The summed E-state index contributed by atoms with van der Waals surface area (Å²) < 4.78 is 25.5. The summed E-state index contributed by atoms with van der Waals surface area (Å²) in [6, 6.07) is 15.1. The van der Waals surface area contributed by atoms with Crippen LogP contribution in [0.2, 0.25) is 0 Å². The number of anilines is 2. The zero-order chi connectivity index (χ0) is 22.0. The Morgan fingerprint density at radius 1 is 1.06 bits per heavy atom. The molecule has 3 aromatic rings. The summed E-state index contributed by atoms with van der Waals surface area (Å²) in [4.78, 5) is 9.16. The van der Waals surface area contributed by atoms with Crippen LogP contribution in [0.5, 0.6) is 0 Å². The fourth-order valence-corrected chi connectivity index (χ4v) is 5.58. The number of fused-ring (bicyclic) bond motifs is 2. The molecule has 1 aliphatic heterocycles. The third-order valence-corrected chi connectivity index (χ3v) is 7.42. The summed E-state index contributed by atoms with van der Waals surface area (Å²) in [5.41, 5.74) is 3.51. The largest absolute Gasteiger partial charge is 0.395 e. The molecule has 0 atom stereocenters. The van der Waals surface area contributed by atoms with E-state index >= 15 is 0 Å². The molecule has 1 aromatic heterocycles. The number of hydrogen-bond donors (Lipinski definition) is 2. The van der Waals surface area contributed by atoms with Gasteiger partial charge in [0, 0.05) is 43.3 Å². The van der Waals surface area contributed by atoms with E-state index in [-0.39, 0.29) is 19.0 Å². The van der Waals surface area contributed by atoms with E-state index in [4.69, 9.17) is 4.98 Å². The van der Waals surface area contributed by atoms with Gasteiger partial charge >= 0.3 is 0 Å². The van der Waals surface area contributed by atoms with Gasteiger partial charge in [0.05, 0.1) is 29.4 Å². The van der Waals surface area contributed by atoms with Crippen LogP contribution in [-0.4, -0.2) is 62.2 Å². The average Bonchev–Trinajstić information content (AvgIpc) is 2.89. The smallest absolute Gasteiger partial charge is 0.180 e. The summed E-state index contributed by atoms with van der Waals surface area (Å²) in [5, 5.41) is 20.1. The number of pyridine rings is 1. The summed E-state index contributed by atoms with van der Waals surface area (Å²) in [6.07, 6.45) is 0. The molecule has 31 heavy (non-hydrogen) atoms. The van der Waals surface area contributed by atoms with Crippen LogP contribution in [0.1, 0.15) is 11.1 Å². The first-order valence-corrected chi connectivity index (χ1v) is 12.0. The first-order valence-electron chi connectivity index (χ1n) is 10.4. The van der Waals surface area contributed by atoms with Gasteiger partial charge in [-0.05, 0) is 30.7 Å². The van der Waals surface area contributed by atoms with E-state index in [1.54, 1.807) is 12.1 Å². The van der Waals surface area contributed by atoms with Crippen LogP contribution < -0.4 is 9.80 Å². The highest BCUT2D eigenvalue weighted by Crippen LogP contribution is 2.33. The molecule has 0 amide bonds. The van der Waals surface area contributed by atoms with Crippen molar-refractivity contribution >= 4 is 32.2 Å². The molecule has 7 nitrogen and oxygen atoms in total. The molecule has 0 saturated heterocycles. The van der Waals surface area contributed by atoms with Crippen LogP contribution in [0.15, 0.2) is 53.4 Å². The Kier molecular flexibility index (Phi) is 6.13. The van der Waals surface area contributed by atoms with Gasteiger partial charge in [0.15, 0.2) is 9.84 Å².